The first-order valence-corrected chi connectivity index (χ1v) is 6.85. The van der Waals surface area contributed by atoms with Crippen LogP contribution in [0.2, 0.25) is 0 Å². The second kappa shape index (κ2) is 4.83. The van der Waals surface area contributed by atoms with E-state index >= 15 is 0 Å². The summed E-state index contributed by atoms with van der Waals surface area (Å²) in [6.07, 6.45) is 2.01. The Balaban J connectivity index is 2.01. The second-order valence-electron chi connectivity index (χ2n) is 5.55. The van der Waals surface area contributed by atoms with Gasteiger partial charge >= 0.3 is 5.97 Å². The van der Waals surface area contributed by atoms with Gasteiger partial charge in [0.2, 0.25) is 0 Å². The predicted octanol–water partition coefficient (Wildman–Crippen LogP) is 1.37. The molecule has 21 heavy (non-hydrogen) atoms. The number of aromatic nitrogens is 4. The maximum atomic E-state index is 11.6. The maximum absolute atomic E-state index is 11.6. The van der Waals surface area contributed by atoms with Gasteiger partial charge in [0.15, 0.2) is 11.4 Å². The summed E-state index contributed by atoms with van der Waals surface area (Å²) in [4.78, 5) is 13.6. The molecule has 0 atom stereocenters. The van der Waals surface area contributed by atoms with E-state index in [4.69, 9.17) is 0 Å². The highest BCUT2D eigenvalue weighted by Crippen LogP contribution is 2.40. The lowest BCUT2D eigenvalue weighted by molar-refractivity contribution is -0.153. The smallest absolute Gasteiger partial charge is 0.331 e. The van der Waals surface area contributed by atoms with Gasteiger partial charge in [0.1, 0.15) is 0 Å². The number of aliphatic carboxylic acids is 1. The first-order valence-electron chi connectivity index (χ1n) is 6.85. The maximum Gasteiger partial charge on any atom is 0.331 e. The first kappa shape index (κ1) is 13.5. The average Bonchev–Trinajstić information content (AvgIpc) is 2.86. The molecule has 0 radical (unpaired) electrons. The summed E-state index contributed by atoms with van der Waals surface area (Å²) in [6, 6.07) is 7.74. The molecule has 7 nitrogen and oxygen atoms in total. The van der Waals surface area contributed by atoms with Crippen LogP contribution in [0, 0.1) is 0 Å². The van der Waals surface area contributed by atoms with Crippen LogP contribution >= 0.6 is 0 Å². The van der Waals surface area contributed by atoms with Gasteiger partial charge in [-0.2, -0.15) is 0 Å². The summed E-state index contributed by atoms with van der Waals surface area (Å²) in [5.41, 5.74) is 0.895. The number of rotatable bonds is 4. The van der Waals surface area contributed by atoms with Crippen LogP contribution < -0.4 is 4.90 Å². The van der Waals surface area contributed by atoms with E-state index in [0.717, 1.165) is 17.7 Å². The van der Waals surface area contributed by atoms with Crippen LogP contribution in [-0.4, -0.2) is 45.4 Å². The van der Waals surface area contributed by atoms with Crippen LogP contribution in [-0.2, 0) is 10.3 Å². The molecule has 1 aromatic carbocycles. The van der Waals surface area contributed by atoms with Gasteiger partial charge in [-0.25, -0.2) is 9.48 Å². The van der Waals surface area contributed by atoms with E-state index in [1.165, 1.54) is 4.68 Å². The van der Waals surface area contributed by atoms with Crippen LogP contribution in [0.5, 0.6) is 0 Å². The molecular formula is C14H17N5O2. The zero-order chi connectivity index (χ0) is 15.0. The van der Waals surface area contributed by atoms with Crippen LogP contribution in [0.3, 0.4) is 0 Å². The molecule has 0 unspecified atom stereocenters. The lowest BCUT2D eigenvalue weighted by atomic mass is 9.76. The van der Waals surface area contributed by atoms with E-state index in [0.29, 0.717) is 18.7 Å². The van der Waals surface area contributed by atoms with Crippen molar-refractivity contribution in [3.8, 4) is 11.4 Å². The number of hydrogen-bond donors (Lipinski definition) is 1. The van der Waals surface area contributed by atoms with E-state index in [9.17, 15) is 9.90 Å². The SMILES string of the molecule is CN(C)c1ccc(-c2nnnn2C2(C(=O)O)CCC2)cc1. The number of nitrogens with zero attached hydrogens (tertiary/aromatic N) is 5. The third-order valence-electron chi connectivity index (χ3n) is 4.10. The largest absolute Gasteiger partial charge is 0.479 e. The highest BCUT2D eigenvalue weighted by molar-refractivity contribution is 5.78. The van der Waals surface area contributed by atoms with Crippen molar-refractivity contribution in [2.75, 3.05) is 19.0 Å². The number of carboxylic acid groups (broad SMARTS) is 1. The molecule has 1 heterocycles. The fourth-order valence-electron chi connectivity index (χ4n) is 2.59. The molecule has 1 aromatic heterocycles. The Morgan fingerprint density at radius 3 is 2.43 bits per heavy atom. The van der Waals surface area contributed by atoms with Gasteiger partial charge < -0.3 is 10.0 Å². The zero-order valence-corrected chi connectivity index (χ0v) is 12.0. The van der Waals surface area contributed by atoms with Crippen molar-refractivity contribution in [2.45, 2.75) is 24.8 Å². The molecule has 2 aromatic rings. The number of carboxylic acids is 1. The Labute approximate surface area is 122 Å². The van der Waals surface area contributed by atoms with Crippen molar-refractivity contribution in [3.63, 3.8) is 0 Å². The molecule has 110 valence electrons. The van der Waals surface area contributed by atoms with E-state index in [1.54, 1.807) is 0 Å². The number of benzene rings is 1. The topological polar surface area (TPSA) is 84.1 Å². The molecule has 0 spiro atoms. The summed E-state index contributed by atoms with van der Waals surface area (Å²) in [7, 11) is 3.93. The van der Waals surface area contributed by atoms with E-state index < -0.39 is 11.5 Å². The van der Waals surface area contributed by atoms with Crippen molar-refractivity contribution >= 4 is 11.7 Å². The third kappa shape index (κ3) is 2.05. The van der Waals surface area contributed by atoms with Crippen molar-refractivity contribution in [1.82, 2.24) is 20.2 Å². The van der Waals surface area contributed by atoms with E-state index in [-0.39, 0.29) is 0 Å². The lowest BCUT2D eigenvalue weighted by Crippen LogP contribution is -2.48. The van der Waals surface area contributed by atoms with Gasteiger partial charge in [-0.3, -0.25) is 0 Å². The molecular weight excluding hydrogens is 270 g/mol. The number of hydrogen-bond acceptors (Lipinski definition) is 5. The fraction of sp³-hybridized carbons (Fsp3) is 0.429. The Morgan fingerprint density at radius 2 is 1.95 bits per heavy atom. The minimum absolute atomic E-state index is 0.502. The van der Waals surface area contributed by atoms with Crippen molar-refractivity contribution in [2.24, 2.45) is 0 Å². The van der Waals surface area contributed by atoms with E-state index in [1.807, 2.05) is 43.3 Å². The summed E-state index contributed by atoms with van der Waals surface area (Å²) in [5.74, 6) is -0.366. The Hall–Kier alpha value is -2.44. The third-order valence-corrected chi connectivity index (χ3v) is 4.10. The summed E-state index contributed by atoms with van der Waals surface area (Å²) < 4.78 is 1.46. The van der Waals surface area contributed by atoms with Gasteiger partial charge in [0.25, 0.3) is 0 Å². The number of tetrazole rings is 1. The van der Waals surface area contributed by atoms with Gasteiger partial charge in [-0.05, 0) is 54.0 Å². The zero-order valence-electron chi connectivity index (χ0n) is 12.0. The van der Waals surface area contributed by atoms with Gasteiger partial charge in [-0.15, -0.1) is 5.10 Å². The first-order chi connectivity index (χ1) is 10.0. The molecule has 1 aliphatic rings. The Morgan fingerprint density at radius 1 is 1.29 bits per heavy atom. The van der Waals surface area contributed by atoms with Crippen molar-refractivity contribution < 1.29 is 9.90 Å². The Bertz CT molecular complexity index is 658. The van der Waals surface area contributed by atoms with E-state index in [2.05, 4.69) is 15.5 Å². The summed E-state index contributed by atoms with van der Waals surface area (Å²) in [5, 5.41) is 21.1. The van der Waals surface area contributed by atoms with Crippen LogP contribution in [0.25, 0.3) is 11.4 Å². The molecule has 0 aliphatic heterocycles. The molecule has 1 aliphatic carbocycles. The second-order valence-corrected chi connectivity index (χ2v) is 5.55. The summed E-state index contributed by atoms with van der Waals surface area (Å²) >= 11 is 0. The van der Waals surface area contributed by atoms with Crippen LogP contribution in [0.15, 0.2) is 24.3 Å². The lowest BCUT2D eigenvalue weighted by Gasteiger charge is -2.37. The number of anilines is 1. The van der Waals surface area contributed by atoms with Gasteiger partial charge in [0, 0.05) is 25.3 Å². The predicted molar refractivity (Wildman–Crippen MR) is 77.0 cm³/mol. The normalized spacial score (nSPS) is 16.3. The standard InChI is InChI=1S/C14H17N5O2/c1-18(2)11-6-4-10(5-7-11)12-15-16-17-19(12)14(13(20)21)8-3-9-14/h4-7H,3,8-9H2,1-2H3,(H,20,21). The molecule has 0 bridgehead atoms. The van der Waals surface area contributed by atoms with Crippen molar-refractivity contribution in [1.29, 1.82) is 0 Å². The Kier molecular flexibility index (Phi) is 3.12. The molecule has 7 heteroatoms. The highest BCUT2D eigenvalue weighted by Gasteiger charge is 2.49. The average molecular weight is 287 g/mol. The monoisotopic (exact) mass is 287 g/mol. The fourth-order valence-corrected chi connectivity index (χ4v) is 2.59. The highest BCUT2D eigenvalue weighted by atomic mass is 16.4. The molecule has 1 saturated carbocycles. The van der Waals surface area contributed by atoms with Crippen molar-refractivity contribution in [3.05, 3.63) is 24.3 Å². The molecule has 1 N–H and O–H groups in total. The minimum Gasteiger partial charge on any atom is -0.479 e. The molecule has 0 amide bonds. The van der Waals surface area contributed by atoms with Crippen LogP contribution in [0.1, 0.15) is 19.3 Å². The van der Waals surface area contributed by atoms with Crippen LogP contribution in [0.4, 0.5) is 5.69 Å². The number of carbonyl (C=O) groups is 1. The molecule has 0 saturated heterocycles. The quantitative estimate of drug-likeness (QED) is 0.914. The summed E-state index contributed by atoms with van der Waals surface area (Å²) in [6.45, 7) is 0. The molecule has 1 fully saturated rings. The van der Waals surface area contributed by atoms with Gasteiger partial charge in [-0.1, -0.05) is 0 Å². The molecule has 3 rings (SSSR count). The minimum atomic E-state index is -0.987. The van der Waals surface area contributed by atoms with Gasteiger partial charge in [0.05, 0.1) is 0 Å².